The van der Waals surface area contributed by atoms with Gasteiger partial charge in [-0.05, 0) is 12.5 Å². The first-order valence-electron chi connectivity index (χ1n) is 8.90. The number of nitrogens with one attached hydrogen (secondary N) is 2. The average molecular weight is 404 g/mol. The van der Waals surface area contributed by atoms with Crippen molar-refractivity contribution in [2.75, 3.05) is 6.54 Å². The summed E-state index contributed by atoms with van der Waals surface area (Å²) in [6, 6.07) is 5.64. The van der Waals surface area contributed by atoms with Gasteiger partial charge in [-0.15, -0.1) is 0 Å². The number of nitrogens with zero attached hydrogens (tertiary/aromatic N) is 2. The van der Waals surface area contributed by atoms with Gasteiger partial charge in [0, 0.05) is 36.9 Å². The smallest absolute Gasteiger partial charge is 0.330 e. The third-order valence-electron chi connectivity index (χ3n) is 4.67. The van der Waals surface area contributed by atoms with Crippen LogP contribution in [0.2, 0.25) is 0 Å². The number of benzene rings is 1. The number of aliphatic hydroxyl groups excluding tert-OH is 1. The number of non-ortho nitro benzene ring substituents is 1. The minimum atomic E-state index is -0.904. The Balaban J connectivity index is 1.56. The van der Waals surface area contributed by atoms with Gasteiger partial charge in [0.2, 0.25) is 5.91 Å². The molecule has 11 heteroatoms. The van der Waals surface area contributed by atoms with Crippen molar-refractivity contribution in [2.45, 2.75) is 38.2 Å². The van der Waals surface area contributed by atoms with Gasteiger partial charge in [-0.3, -0.25) is 29.3 Å². The summed E-state index contributed by atoms with van der Waals surface area (Å²) in [5.41, 5.74) is -0.243. The molecule has 1 aromatic carbocycles. The molecule has 3 atom stereocenters. The molecule has 29 heavy (non-hydrogen) atoms. The zero-order valence-corrected chi connectivity index (χ0v) is 15.5. The van der Waals surface area contributed by atoms with Crippen molar-refractivity contribution in [2.24, 2.45) is 0 Å². The Labute approximate surface area is 164 Å². The van der Waals surface area contributed by atoms with Gasteiger partial charge >= 0.3 is 5.69 Å². The Hall–Kier alpha value is -3.31. The molecule has 3 N–H and O–H groups in total. The predicted octanol–water partition coefficient (Wildman–Crippen LogP) is -0.239. The monoisotopic (exact) mass is 404 g/mol. The molecule has 0 saturated carbocycles. The summed E-state index contributed by atoms with van der Waals surface area (Å²) >= 11 is 0. The number of hydrogen-bond acceptors (Lipinski definition) is 7. The van der Waals surface area contributed by atoms with Gasteiger partial charge in [0.05, 0.1) is 17.4 Å². The summed E-state index contributed by atoms with van der Waals surface area (Å²) in [5.74, 6) is -0.338. The molecule has 2 heterocycles. The SMILES string of the molecule is Cc1cn([C@H]2C[C@H](O)[C@@H](CNC(=O)Cc3ccc([N+](=O)[O-])cc3)O2)c(=O)[nH]c1=O. The summed E-state index contributed by atoms with van der Waals surface area (Å²) in [6.07, 6.45) is -0.867. The van der Waals surface area contributed by atoms with Crippen LogP contribution in [-0.2, 0) is 16.0 Å². The Morgan fingerprint density at radius 1 is 1.38 bits per heavy atom. The highest BCUT2D eigenvalue weighted by molar-refractivity contribution is 5.78. The van der Waals surface area contributed by atoms with Gasteiger partial charge in [-0.25, -0.2) is 4.79 Å². The van der Waals surface area contributed by atoms with Crippen molar-refractivity contribution in [3.63, 3.8) is 0 Å². The number of rotatable bonds is 6. The van der Waals surface area contributed by atoms with E-state index in [9.17, 15) is 29.6 Å². The third kappa shape index (κ3) is 4.76. The highest BCUT2D eigenvalue weighted by Gasteiger charge is 2.35. The van der Waals surface area contributed by atoms with Crippen LogP contribution in [0.5, 0.6) is 0 Å². The third-order valence-corrected chi connectivity index (χ3v) is 4.67. The Bertz CT molecular complexity index is 1030. The van der Waals surface area contributed by atoms with Crippen molar-refractivity contribution in [3.05, 3.63) is 72.5 Å². The highest BCUT2D eigenvalue weighted by atomic mass is 16.6. The largest absolute Gasteiger partial charge is 0.390 e. The molecule has 0 spiro atoms. The Morgan fingerprint density at radius 2 is 2.07 bits per heavy atom. The van der Waals surface area contributed by atoms with Crippen LogP contribution in [0.3, 0.4) is 0 Å². The lowest BCUT2D eigenvalue weighted by atomic mass is 10.1. The number of nitro groups is 1. The molecule has 0 bridgehead atoms. The molecular formula is C18H20N4O7. The van der Waals surface area contributed by atoms with E-state index < -0.39 is 34.6 Å². The number of aromatic nitrogens is 2. The van der Waals surface area contributed by atoms with Crippen molar-refractivity contribution in [1.29, 1.82) is 0 Å². The molecule has 3 rings (SSSR count). The number of carbonyl (C=O) groups excluding carboxylic acids is 1. The van der Waals surface area contributed by atoms with E-state index in [0.717, 1.165) is 0 Å². The van der Waals surface area contributed by atoms with Crippen LogP contribution in [0.4, 0.5) is 5.69 Å². The fourth-order valence-electron chi connectivity index (χ4n) is 3.07. The molecule has 0 unspecified atom stereocenters. The summed E-state index contributed by atoms with van der Waals surface area (Å²) < 4.78 is 6.89. The van der Waals surface area contributed by atoms with Crippen LogP contribution >= 0.6 is 0 Å². The standard InChI is InChI=1S/C18H20N4O7/c1-10-9-21(18(26)20-17(10)25)16-7-13(23)14(29-16)8-19-15(24)6-11-2-4-12(5-3-11)22(27)28/h2-5,9,13-14,16,23H,6-8H2,1H3,(H,19,24)(H,20,25,26)/t13-,14+,16+/m0/s1. The number of hydrogen-bond donors (Lipinski definition) is 3. The Kier molecular flexibility index (Phi) is 5.89. The van der Waals surface area contributed by atoms with Gasteiger partial charge in [-0.1, -0.05) is 12.1 Å². The number of aromatic amines is 1. The lowest BCUT2D eigenvalue weighted by molar-refractivity contribution is -0.384. The zero-order valence-electron chi connectivity index (χ0n) is 15.5. The van der Waals surface area contributed by atoms with E-state index in [-0.39, 0.29) is 31.0 Å². The highest BCUT2D eigenvalue weighted by Crippen LogP contribution is 2.27. The lowest BCUT2D eigenvalue weighted by Crippen LogP contribution is -2.38. The first-order valence-corrected chi connectivity index (χ1v) is 8.90. The minimum Gasteiger partial charge on any atom is -0.390 e. The second kappa shape index (κ2) is 8.37. The van der Waals surface area contributed by atoms with Gasteiger partial charge in [0.15, 0.2) is 0 Å². The fraction of sp³-hybridized carbons (Fsp3) is 0.389. The summed E-state index contributed by atoms with van der Waals surface area (Å²) in [4.78, 5) is 47.9. The molecular weight excluding hydrogens is 384 g/mol. The molecule has 1 aromatic heterocycles. The molecule has 1 amide bonds. The number of aliphatic hydroxyl groups is 1. The first-order chi connectivity index (χ1) is 13.7. The molecule has 1 fully saturated rings. The number of ether oxygens (including phenoxy) is 1. The topological polar surface area (TPSA) is 157 Å². The van der Waals surface area contributed by atoms with E-state index in [2.05, 4.69) is 10.3 Å². The van der Waals surface area contributed by atoms with Crippen LogP contribution < -0.4 is 16.6 Å². The molecule has 1 aliphatic heterocycles. The van der Waals surface area contributed by atoms with E-state index in [4.69, 9.17) is 4.74 Å². The normalized spacial score (nSPS) is 21.1. The van der Waals surface area contributed by atoms with Crippen LogP contribution in [0, 0.1) is 17.0 Å². The summed E-state index contributed by atoms with van der Waals surface area (Å²) in [7, 11) is 0. The van der Waals surface area contributed by atoms with Gasteiger partial charge in [0.25, 0.3) is 11.2 Å². The van der Waals surface area contributed by atoms with Crippen molar-refractivity contribution < 1.29 is 19.6 Å². The first kappa shape index (κ1) is 20.4. The predicted molar refractivity (Wildman–Crippen MR) is 100 cm³/mol. The maximum absolute atomic E-state index is 12.1. The molecule has 1 aliphatic rings. The van der Waals surface area contributed by atoms with E-state index in [0.29, 0.717) is 11.1 Å². The van der Waals surface area contributed by atoms with Crippen molar-refractivity contribution in [3.8, 4) is 0 Å². The number of aryl methyl sites for hydroxylation is 1. The summed E-state index contributed by atoms with van der Waals surface area (Å²) in [6.45, 7) is 1.58. The van der Waals surface area contributed by atoms with E-state index in [1.54, 1.807) is 6.92 Å². The lowest BCUT2D eigenvalue weighted by Gasteiger charge is -2.17. The number of nitro benzene ring substituents is 1. The molecule has 154 valence electrons. The van der Waals surface area contributed by atoms with Crippen molar-refractivity contribution in [1.82, 2.24) is 14.9 Å². The van der Waals surface area contributed by atoms with Crippen LogP contribution in [0.1, 0.15) is 23.8 Å². The maximum Gasteiger partial charge on any atom is 0.330 e. The van der Waals surface area contributed by atoms with Gasteiger partial charge < -0.3 is 15.2 Å². The minimum absolute atomic E-state index is 0.0167. The van der Waals surface area contributed by atoms with Crippen LogP contribution in [0.15, 0.2) is 40.1 Å². The van der Waals surface area contributed by atoms with Gasteiger partial charge in [0.1, 0.15) is 12.3 Å². The average Bonchev–Trinajstić information content (AvgIpc) is 3.04. The number of amides is 1. The zero-order chi connectivity index (χ0) is 21.1. The van der Waals surface area contributed by atoms with Crippen LogP contribution in [0.25, 0.3) is 0 Å². The quantitative estimate of drug-likeness (QED) is 0.443. The van der Waals surface area contributed by atoms with Gasteiger partial charge in [-0.2, -0.15) is 0 Å². The molecule has 0 aliphatic carbocycles. The number of carbonyl (C=O) groups is 1. The second-order valence-corrected chi connectivity index (χ2v) is 6.82. The summed E-state index contributed by atoms with van der Waals surface area (Å²) in [5, 5.41) is 23.5. The molecule has 1 saturated heterocycles. The van der Waals surface area contributed by atoms with E-state index in [1.165, 1.54) is 35.0 Å². The molecule has 2 aromatic rings. The molecule has 0 radical (unpaired) electrons. The van der Waals surface area contributed by atoms with Crippen LogP contribution in [-0.4, -0.2) is 44.2 Å². The Morgan fingerprint density at radius 3 is 2.72 bits per heavy atom. The fourth-order valence-corrected chi connectivity index (χ4v) is 3.07. The molecule has 11 nitrogen and oxygen atoms in total. The maximum atomic E-state index is 12.1. The van der Waals surface area contributed by atoms with Crippen molar-refractivity contribution >= 4 is 11.6 Å². The second-order valence-electron chi connectivity index (χ2n) is 6.82. The van der Waals surface area contributed by atoms with E-state index >= 15 is 0 Å². The van der Waals surface area contributed by atoms with E-state index in [1.807, 2.05) is 0 Å². The number of H-pyrrole nitrogens is 1.